The zero-order valence-electron chi connectivity index (χ0n) is 15.8. The summed E-state index contributed by atoms with van der Waals surface area (Å²) in [6, 6.07) is 14.9. The Morgan fingerprint density at radius 3 is 2.38 bits per heavy atom. The molecule has 1 aromatic heterocycles. The molecule has 9 heteroatoms. The number of hydrogen-bond acceptors (Lipinski definition) is 5. The summed E-state index contributed by atoms with van der Waals surface area (Å²) < 4.78 is 0.958. The second-order valence-corrected chi connectivity index (χ2v) is 6.26. The van der Waals surface area contributed by atoms with E-state index < -0.39 is 23.2 Å². The van der Waals surface area contributed by atoms with Crippen molar-refractivity contribution in [2.45, 2.75) is 13.8 Å². The monoisotopic (exact) mass is 393 g/mol. The number of carbonyl (C=O) groups is 1. The topological polar surface area (TPSA) is 129 Å². The smallest absolute Gasteiger partial charge is 0.339 e. The molecule has 9 nitrogen and oxygen atoms in total. The number of benzene rings is 2. The summed E-state index contributed by atoms with van der Waals surface area (Å²) in [7, 11) is 0. The largest absolute Gasteiger partial charge is 0.493 e. The molecule has 148 valence electrons. The second kappa shape index (κ2) is 8.26. The number of nitrogens with one attached hydrogen (secondary N) is 3. The van der Waals surface area contributed by atoms with Gasteiger partial charge in [0, 0.05) is 5.69 Å². The molecule has 0 aliphatic carbocycles. The molecule has 1 heterocycles. The van der Waals surface area contributed by atoms with Crippen LogP contribution in [0.3, 0.4) is 0 Å². The van der Waals surface area contributed by atoms with E-state index in [0.717, 1.165) is 10.1 Å². The number of anilines is 1. The molecule has 3 rings (SSSR count). The molecule has 0 spiro atoms. The Morgan fingerprint density at radius 1 is 1.07 bits per heavy atom. The number of aromatic hydroxyl groups is 1. The van der Waals surface area contributed by atoms with E-state index in [9.17, 15) is 19.5 Å². The number of H-pyrrole nitrogens is 1. The third-order valence-electron chi connectivity index (χ3n) is 4.10. The minimum absolute atomic E-state index is 0.0211. The van der Waals surface area contributed by atoms with Gasteiger partial charge in [-0.25, -0.2) is 19.6 Å². The summed E-state index contributed by atoms with van der Waals surface area (Å²) >= 11 is 0. The second-order valence-electron chi connectivity index (χ2n) is 6.26. The van der Waals surface area contributed by atoms with E-state index in [1.807, 2.05) is 13.0 Å². The maximum Gasteiger partial charge on any atom is 0.339 e. The van der Waals surface area contributed by atoms with Crippen LogP contribution in [0.4, 0.5) is 10.5 Å². The van der Waals surface area contributed by atoms with Crippen molar-refractivity contribution in [2.24, 2.45) is 5.10 Å². The fourth-order valence-corrected chi connectivity index (χ4v) is 2.66. The van der Waals surface area contributed by atoms with Crippen molar-refractivity contribution in [3.05, 3.63) is 86.6 Å². The quantitative estimate of drug-likeness (QED) is 0.399. The van der Waals surface area contributed by atoms with Crippen LogP contribution in [0.15, 0.2) is 69.3 Å². The van der Waals surface area contributed by atoms with E-state index in [1.54, 1.807) is 48.5 Å². The van der Waals surface area contributed by atoms with Gasteiger partial charge in [-0.1, -0.05) is 35.9 Å². The van der Waals surface area contributed by atoms with Crippen LogP contribution in [0.25, 0.3) is 5.69 Å². The SMILES string of the molecule is CC(=NNC(=O)Nc1ccccc1)c1c(O)n(-c2ccc(C)cc2)c(=O)[nH]c1=O. The number of hydrazone groups is 1. The molecule has 0 unspecified atom stereocenters. The number of para-hydroxylation sites is 1. The van der Waals surface area contributed by atoms with E-state index in [0.29, 0.717) is 11.4 Å². The molecule has 0 radical (unpaired) electrons. The number of aryl methyl sites for hydroxylation is 1. The van der Waals surface area contributed by atoms with Crippen LogP contribution in [0.2, 0.25) is 0 Å². The first-order valence-corrected chi connectivity index (χ1v) is 8.69. The Morgan fingerprint density at radius 2 is 1.72 bits per heavy atom. The molecule has 3 aromatic rings. The number of amides is 2. The van der Waals surface area contributed by atoms with Crippen LogP contribution >= 0.6 is 0 Å². The van der Waals surface area contributed by atoms with Gasteiger partial charge in [0.2, 0.25) is 5.88 Å². The Labute approximate surface area is 165 Å². The van der Waals surface area contributed by atoms with Crippen molar-refractivity contribution < 1.29 is 9.90 Å². The van der Waals surface area contributed by atoms with Crippen LogP contribution < -0.4 is 22.0 Å². The van der Waals surface area contributed by atoms with Crippen molar-refractivity contribution in [1.29, 1.82) is 0 Å². The van der Waals surface area contributed by atoms with Crippen LogP contribution in [0.5, 0.6) is 5.88 Å². The van der Waals surface area contributed by atoms with E-state index in [-0.39, 0.29) is 11.3 Å². The minimum atomic E-state index is -0.817. The number of rotatable bonds is 4. The maximum absolute atomic E-state index is 12.2. The molecule has 0 fully saturated rings. The normalized spacial score (nSPS) is 11.2. The van der Waals surface area contributed by atoms with Crippen molar-refractivity contribution in [1.82, 2.24) is 15.0 Å². The van der Waals surface area contributed by atoms with Gasteiger partial charge in [0.25, 0.3) is 5.56 Å². The summed E-state index contributed by atoms with van der Waals surface area (Å²) in [4.78, 5) is 38.6. The average molecular weight is 393 g/mol. The number of aromatic amines is 1. The maximum atomic E-state index is 12.2. The highest BCUT2D eigenvalue weighted by molar-refractivity contribution is 6.01. The van der Waals surface area contributed by atoms with Gasteiger partial charge in [0.05, 0.1) is 11.4 Å². The van der Waals surface area contributed by atoms with Crippen LogP contribution in [-0.4, -0.2) is 26.4 Å². The Hall–Kier alpha value is -4.14. The Balaban J connectivity index is 1.91. The Kier molecular flexibility index (Phi) is 5.59. The van der Waals surface area contributed by atoms with Gasteiger partial charge >= 0.3 is 11.7 Å². The molecule has 0 saturated heterocycles. The fourth-order valence-electron chi connectivity index (χ4n) is 2.66. The first-order chi connectivity index (χ1) is 13.9. The minimum Gasteiger partial charge on any atom is -0.493 e. The van der Waals surface area contributed by atoms with Gasteiger partial charge in [-0.15, -0.1) is 0 Å². The summed E-state index contributed by atoms with van der Waals surface area (Å²) in [5.74, 6) is -0.575. The highest BCUT2D eigenvalue weighted by Crippen LogP contribution is 2.17. The van der Waals surface area contributed by atoms with Crippen molar-refractivity contribution in [2.75, 3.05) is 5.32 Å². The lowest BCUT2D eigenvalue weighted by atomic mass is 10.2. The van der Waals surface area contributed by atoms with Gasteiger partial charge in [0.15, 0.2) is 0 Å². The van der Waals surface area contributed by atoms with E-state index in [1.165, 1.54) is 6.92 Å². The van der Waals surface area contributed by atoms with Crippen molar-refractivity contribution in [3.63, 3.8) is 0 Å². The van der Waals surface area contributed by atoms with E-state index in [2.05, 4.69) is 20.8 Å². The zero-order chi connectivity index (χ0) is 21.0. The number of urea groups is 1. The van der Waals surface area contributed by atoms with Gasteiger partial charge in [0.1, 0.15) is 5.56 Å². The molecule has 2 amide bonds. The lowest BCUT2D eigenvalue weighted by Gasteiger charge is -2.11. The predicted molar refractivity (Wildman–Crippen MR) is 110 cm³/mol. The highest BCUT2D eigenvalue weighted by Gasteiger charge is 2.18. The molecule has 4 N–H and O–H groups in total. The van der Waals surface area contributed by atoms with Crippen LogP contribution in [-0.2, 0) is 0 Å². The lowest BCUT2D eigenvalue weighted by Crippen LogP contribution is -2.33. The molecule has 2 aromatic carbocycles. The fraction of sp³-hybridized carbons (Fsp3) is 0.100. The van der Waals surface area contributed by atoms with Gasteiger partial charge in [-0.05, 0) is 38.1 Å². The van der Waals surface area contributed by atoms with Crippen LogP contribution in [0, 0.1) is 6.92 Å². The summed E-state index contributed by atoms with van der Waals surface area (Å²) in [6.45, 7) is 3.31. The lowest BCUT2D eigenvalue weighted by molar-refractivity contribution is 0.252. The number of nitrogens with zero attached hydrogens (tertiary/aromatic N) is 2. The number of aromatic nitrogens is 2. The van der Waals surface area contributed by atoms with Crippen molar-refractivity contribution in [3.8, 4) is 11.6 Å². The predicted octanol–water partition coefficient (Wildman–Crippen LogP) is 2.09. The van der Waals surface area contributed by atoms with E-state index in [4.69, 9.17) is 0 Å². The average Bonchev–Trinajstić information content (AvgIpc) is 2.68. The van der Waals surface area contributed by atoms with E-state index >= 15 is 0 Å². The Bertz CT molecular complexity index is 1180. The highest BCUT2D eigenvalue weighted by atomic mass is 16.3. The molecule has 0 aliphatic heterocycles. The summed E-state index contributed by atoms with van der Waals surface area (Å²) in [5.41, 5.74) is 2.34. The van der Waals surface area contributed by atoms with Gasteiger partial charge in [-0.3, -0.25) is 9.78 Å². The molecule has 0 aliphatic rings. The van der Waals surface area contributed by atoms with Crippen molar-refractivity contribution >= 4 is 17.4 Å². The molecule has 0 atom stereocenters. The molecular formula is C20H19N5O4. The first-order valence-electron chi connectivity index (χ1n) is 8.69. The van der Waals surface area contributed by atoms with Gasteiger partial charge < -0.3 is 10.4 Å². The molecule has 29 heavy (non-hydrogen) atoms. The summed E-state index contributed by atoms with van der Waals surface area (Å²) in [5, 5.41) is 17.0. The molecule has 0 bridgehead atoms. The molecular weight excluding hydrogens is 374 g/mol. The van der Waals surface area contributed by atoms with Crippen LogP contribution in [0.1, 0.15) is 18.1 Å². The third kappa shape index (κ3) is 4.41. The zero-order valence-corrected chi connectivity index (χ0v) is 15.8. The van der Waals surface area contributed by atoms with Gasteiger partial charge in [-0.2, -0.15) is 5.10 Å². The first kappa shape index (κ1) is 19.6. The summed E-state index contributed by atoms with van der Waals surface area (Å²) in [6.07, 6.45) is 0. The number of hydrogen-bond donors (Lipinski definition) is 4. The standard InChI is InChI=1S/C20H19N5O4/c1-12-8-10-15(11-9-12)25-18(27)16(17(26)22-20(25)29)13(2)23-24-19(28)21-14-6-4-3-5-7-14/h3-11,27H,1-2H3,(H2,21,24,28)(H,22,26,29). The molecule has 0 saturated carbocycles. The number of carbonyl (C=O) groups excluding carboxylic acids is 1. The third-order valence-corrected chi connectivity index (χ3v) is 4.10.